The van der Waals surface area contributed by atoms with E-state index in [1.807, 2.05) is 6.07 Å². The molecule has 1 aromatic carbocycles. The van der Waals surface area contributed by atoms with Crippen molar-refractivity contribution in [3.8, 4) is 11.5 Å². The van der Waals surface area contributed by atoms with Gasteiger partial charge in [0.05, 0.1) is 12.3 Å². The number of carbonyl (C=O) groups excluding carboxylic acids is 1. The second-order valence-corrected chi connectivity index (χ2v) is 8.27. The van der Waals surface area contributed by atoms with Gasteiger partial charge in [0.2, 0.25) is 0 Å². The van der Waals surface area contributed by atoms with Crippen LogP contribution >= 0.6 is 23.2 Å². The maximum Gasteiger partial charge on any atom is 0.263 e. The predicted octanol–water partition coefficient (Wildman–Crippen LogP) is 5.05. The quantitative estimate of drug-likeness (QED) is 0.661. The van der Waals surface area contributed by atoms with Gasteiger partial charge in [-0.05, 0) is 75.9 Å². The molecular formula is C21H24Cl2N2O3. The van der Waals surface area contributed by atoms with Gasteiger partial charge >= 0.3 is 0 Å². The number of aromatic nitrogens is 1. The lowest BCUT2D eigenvalue weighted by Gasteiger charge is -2.32. The van der Waals surface area contributed by atoms with Crippen molar-refractivity contribution in [3.05, 3.63) is 52.8 Å². The lowest BCUT2D eigenvalue weighted by molar-refractivity contribution is -0.135. The molecule has 1 heterocycles. The highest BCUT2D eigenvalue weighted by atomic mass is 35.5. The Labute approximate surface area is 175 Å². The van der Waals surface area contributed by atoms with Crippen molar-refractivity contribution >= 4 is 29.1 Å². The van der Waals surface area contributed by atoms with Gasteiger partial charge in [0.1, 0.15) is 16.7 Å². The van der Waals surface area contributed by atoms with Crippen molar-refractivity contribution in [2.24, 2.45) is 0 Å². The number of rotatable bonds is 6. The molecule has 3 rings (SSSR count). The Kier molecular flexibility index (Phi) is 6.68. The van der Waals surface area contributed by atoms with Crippen molar-refractivity contribution in [1.82, 2.24) is 10.3 Å². The number of hydrogen-bond donors (Lipinski definition) is 1. The van der Waals surface area contributed by atoms with E-state index in [0.717, 1.165) is 31.4 Å². The number of nitrogens with one attached hydrogen (secondary N) is 1. The van der Waals surface area contributed by atoms with E-state index in [1.165, 1.54) is 0 Å². The van der Waals surface area contributed by atoms with Gasteiger partial charge in [-0.25, -0.2) is 4.98 Å². The average molecular weight is 423 g/mol. The van der Waals surface area contributed by atoms with E-state index in [0.29, 0.717) is 15.9 Å². The van der Waals surface area contributed by atoms with Gasteiger partial charge in [-0.15, -0.1) is 0 Å². The fraction of sp³-hybridized carbons (Fsp3) is 0.429. The van der Waals surface area contributed by atoms with Gasteiger partial charge < -0.3 is 14.8 Å². The van der Waals surface area contributed by atoms with Crippen LogP contribution in [0.2, 0.25) is 10.2 Å². The molecule has 1 aliphatic rings. The Hall–Kier alpha value is -1.98. The smallest absolute Gasteiger partial charge is 0.263 e. The van der Waals surface area contributed by atoms with Crippen LogP contribution in [0.3, 0.4) is 0 Å². The molecule has 28 heavy (non-hydrogen) atoms. The van der Waals surface area contributed by atoms with Gasteiger partial charge in [0.25, 0.3) is 5.91 Å². The summed E-state index contributed by atoms with van der Waals surface area (Å²) < 4.78 is 11.8. The average Bonchev–Trinajstić information content (AvgIpc) is 2.67. The van der Waals surface area contributed by atoms with Crippen LogP contribution in [0.5, 0.6) is 11.5 Å². The van der Waals surface area contributed by atoms with Gasteiger partial charge in [-0.3, -0.25) is 4.79 Å². The van der Waals surface area contributed by atoms with Gasteiger partial charge in [0.15, 0.2) is 5.60 Å². The molecule has 0 radical (unpaired) electrons. The molecule has 1 N–H and O–H groups in total. The first-order chi connectivity index (χ1) is 13.3. The number of nitrogens with zero attached hydrogens (tertiary/aromatic N) is 1. The van der Waals surface area contributed by atoms with Crippen LogP contribution in [-0.4, -0.2) is 28.6 Å². The van der Waals surface area contributed by atoms with E-state index in [9.17, 15) is 4.79 Å². The molecule has 0 saturated heterocycles. The Morgan fingerprint density at radius 3 is 2.29 bits per heavy atom. The zero-order chi connectivity index (χ0) is 20.1. The van der Waals surface area contributed by atoms with E-state index >= 15 is 0 Å². The minimum Gasteiger partial charge on any atom is -0.489 e. The zero-order valence-electron chi connectivity index (χ0n) is 16.0. The van der Waals surface area contributed by atoms with Crippen molar-refractivity contribution in [2.45, 2.75) is 57.3 Å². The molecule has 1 saturated carbocycles. The standard InChI is InChI=1S/C21H24Cl2N2O3/c1-21(2,28-17-7-3-14(22)4-8-17)20(26)25-15-5-9-16(10-6-15)27-18-11-12-19(23)24-13-18/h3-4,7-8,11-13,15-16H,5-6,9-10H2,1-2H3,(H,25,26). The first kappa shape index (κ1) is 20.7. The molecular weight excluding hydrogens is 399 g/mol. The molecule has 0 spiro atoms. The Bertz CT molecular complexity index is 786. The van der Waals surface area contributed by atoms with E-state index < -0.39 is 5.60 Å². The maximum atomic E-state index is 12.7. The van der Waals surface area contributed by atoms with E-state index in [2.05, 4.69) is 10.3 Å². The number of halogens is 2. The Morgan fingerprint density at radius 2 is 1.68 bits per heavy atom. The number of carbonyl (C=O) groups is 1. The summed E-state index contributed by atoms with van der Waals surface area (Å²) in [5.74, 6) is 1.20. The molecule has 1 aromatic heterocycles. The normalized spacial score (nSPS) is 19.7. The molecule has 5 nitrogen and oxygen atoms in total. The van der Waals surface area contributed by atoms with Crippen molar-refractivity contribution in [2.75, 3.05) is 0 Å². The fourth-order valence-corrected chi connectivity index (χ4v) is 3.39. The first-order valence-electron chi connectivity index (χ1n) is 9.35. The van der Waals surface area contributed by atoms with Crippen molar-refractivity contribution in [3.63, 3.8) is 0 Å². The SMILES string of the molecule is CC(C)(Oc1ccc(Cl)cc1)C(=O)NC1CCC(Oc2ccc(Cl)nc2)CC1. The number of benzene rings is 1. The van der Waals surface area contributed by atoms with Crippen molar-refractivity contribution in [1.29, 1.82) is 0 Å². The fourth-order valence-electron chi connectivity index (χ4n) is 3.15. The van der Waals surface area contributed by atoms with Crippen LogP contribution in [0, 0.1) is 0 Å². The van der Waals surface area contributed by atoms with Crippen LogP contribution in [0.15, 0.2) is 42.6 Å². The molecule has 0 atom stereocenters. The van der Waals surface area contributed by atoms with Gasteiger partial charge in [-0.2, -0.15) is 0 Å². The first-order valence-corrected chi connectivity index (χ1v) is 10.1. The van der Waals surface area contributed by atoms with Crippen molar-refractivity contribution < 1.29 is 14.3 Å². The van der Waals surface area contributed by atoms with Crippen LogP contribution in [0.4, 0.5) is 0 Å². The third-order valence-electron chi connectivity index (χ3n) is 4.75. The molecule has 1 aliphatic carbocycles. The third kappa shape index (κ3) is 5.76. The molecule has 2 aromatic rings. The summed E-state index contributed by atoms with van der Waals surface area (Å²) in [4.78, 5) is 16.7. The predicted molar refractivity (Wildman–Crippen MR) is 110 cm³/mol. The lowest BCUT2D eigenvalue weighted by Crippen LogP contribution is -2.51. The highest BCUT2D eigenvalue weighted by molar-refractivity contribution is 6.30. The monoisotopic (exact) mass is 422 g/mol. The number of amides is 1. The van der Waals surface area contributed by atoms with Crippen LogP contribution in [-0.2, 0) is 4.79 Å². The number of pyridine rings is 1. The largest absolute Gasteiger partial charge is 0.489 e. The minimum atomic E-state index is -0.976. The lowest BCUT2D eigenvalue weighted by atomic mass is 9.92. The zero-order valence-corrected chi connectivity index (χ0v) is 17.5. The summed E-state index contributed by atoms with van der Waals surface area (Å²) in [6, 6.07) is 10.6. The second-order valence-electron chi connectivity index (χ2n) is 7.45. The second kappa shape index (κ2) is 9.01. The highest BCUT2D eigenvalue weighted by Crippen LogP contribution is 2.25. The van der Waals surface area contributed by atoms with Crippen LogP contribution in [0.25, 0.3) is 0 Å². The highest BCUT2D eigenvalue weighted by Gasteiger charge is 2.33. The number of hydrogen-bond acceptors (Lipinski definition) is 4. The molecule has 0 unspecified atom stereocenters. The van der Waals surface area contributed by atoms with E-state index in [1.54, 1.807) is 50.4 Å². The summed E-state index contributed by atoms with van der Waals surface area (Å²) in [7, 11) is 0. The van der Waals surface area contributed by atoms with E-state index in [-0.39, 0.29) is 18.1 Å². The summed E-state index contributed by atoms with van der Waals surface area (Å²) in [5.41, 5.74) is -0.976. The van der Waals surface area contributed by atoms with E-state index in [4.69, 9.17) is 32.7 Å². The Morgan fingerprint density at radius 1 is 1.04 bits per heavy atom. The number of ether oxygens (including phenoxy) is 2. The third-order valence-corrected chi connectivity index (χ3v) is 5.22. The molecule has 0 bridgehead atoms. The summed E-state index contributed by atoms with van der Waals surface area (Å²) in [6.45, 7) is 3.53. The molecule has 1 fully saturated rings. The minimum absolute atomic E-state index is 0.115. The maximum absolute atomic E-state index is 12.7. The van der Waals surface area contributed by atoms with Crippen LogP contribution in [0.1, 0.15) is 39.5 Å². The molecule has 1 amide bonds. The van der Waals surface area contributed by atoms with Gasteiger partial charge in [-0.1, -0.05) is 23.2 Å². The molecule has 7 heteroatoms. The summed E-state index contributed by atoms with van der Waals surface area (Å²) in [5, 5.41) is 4.18. The topological polar surface area (TPSA) is 60.5 Å². The Balaban J connectivity index is 1.47. The summed E-state index contributed by atoms with van der Waals surface area (Å²) in [6.07, 6.45) is 5.20. The van der Waals surface area contributed by atoms with Crippen LogP contribution < -0.4 is 14.8 Å². The van der Waals surface area contributed by atoms with Gasteiger partial charge in [0, 0.05) is 11.1 Å². The summed E-state index contributed by atoms with van der Waals surface area (Å²) >= 11 is 11.7. The molecule has 0 aliphatic heterocycles. The molecule has 150 valence electrons.